The van der Waals surface area contributed by atoms with Crippen LogP contribution >= 0.6 is 0 Å². The molecular formula is C27H33N3O6. The Kier molecular flexibility index (Phi) is 8.10. The lowest BCUT2D eigenvalue weighted by Crippen LogP contribution is -2.47. The van der Waals surface area contributed by atoms with E-state index < -0.39 is 12.1 Å². The predicted molar refractivity (Wildman–Crippen MR) is 133 cm³/mol. The average molecular weight is 496 g/mol. The summed E-state index contributed by atoms with van der Waals surface area (Å²) >= 11 is 0. The summed E-state index contributed by atoms with van der Waals surface area (Å²) in [5, 5.41) is 5.62. The molecule has 36 heavy (non-hydrogen) atoms. The van der Waals surface area contributed by atoms with Crippen LogP contribution in [0.5, 0.6) is 11.5 Å². The van der Waals surface area contributed by atoms with Crippen molar-refractivity contribution in [2.24, 2.45) is 0 Å². The van der Waals surface area contributed by atoms with Crippen molar-refractivity contribution in [2.75, 3.05) is 34.0 Å². The third kappa shape index (κ3) is 5.79. The Bertz CT molecular complexity index is 1060. The quantitative estimate of drug-likeness (QED) is 0.491. The second-order valence-corrected chi connectivity index (χ2v) is 9.21. The Labute approximate surface area is 211 Å². The number of carbonyl (C=O) groups excluding carboxylic acids is 3. The van der Waals surface area contributed by atoms with Crippen molar-refractivity contribution in [3.63, 3.8) is 0 Å². The maximum atomic E-state index is 13.2. The van der Waals surface area contributed by atoms with Crippen LogP contribution in [0.4, 0.5) is 4.79 Å². The molecule has 0 radical (unpaired) electrons. The molecule has 0 bridgehead atoms. The zero-order chi connectivity index (χ0) is 25.5. The molecule has 1 atom stereocenters. The van der Waals surface area contributed by atoms with Crippen LogP contribution < -0.4 is 20.1 Å². The standard InChI is InChI=1S/C27H33N3O6/c1-34-21-7-3-19(4-8-21)17-28-24(31)12-11-23-25(32)30(26(33)29-23)18-27(13-15-36-16-14-27)20-5-9-22(35-2)10-6-20/h3-10,23H,11-18H2,1-2H3,(H,28,31)(H,29,33). The van der Waals surface area contributed by atoms with Gasteiger partial charge in [0.15, 0.2) is 0 Å². The molecule has 2 saturated heterocycles. The molecule has 9 heteroatoms. The van der Waals surface area contributed by atoms with Gasteiger partial charge in [-0.3, -0.25) is 14.5 Å². The molecule has 9 nitrogen and oxygen atoms in total. The first kappa shape index (κ1) is 25.5. The monoisotopic (exact) mass is 495 g/mol. The molecular weight excluding hydrogens is 462 g/mol. The highest BCUT2D eigenvalue weighted by Crippen LogP contribution is 2.37. The number of rotatable bonds is 10. The average Bonchev–Trinajstić information content (AvgIpc) is 3.19. The van der Waals surface area contributed by atoms with Crippen LogP contribution in [0.2, 0.25) is 0 Å². The molecule has 0 aliphatic carbocycles. The minimum absolute atomic E-state index is 0.137. The van der Waals surface area contributed by atoms with Gasteiger partial charge in [-0.2, -0.15) is 0 Å². The number of nitrogens with one attached hydrogen (secondary N) is 2. The van der Waals surface area contributed by atoms with Gasteiger partial charge in [-0.05, 0) is 54.7 Å². The van der Waals surface area contributed by atoms with Gasteiger partial charge < -0.3 is 24.8 Å². The van der Waals surface area contributed by atoms with E-state index in [9.17, 15) is 14.4 Å². The molecule has 0 spiro atoms. The van der Waals surface area contributed by atoms with Crippen molar-refractivity contribution in [3.05, 3.63) is 59.7 Å². The highest BCUT2D eigenvalue weighted by molar-refractivity contribution is 6.04. The van der Waals surface area contributed by atoms with Crippen LogP contribution in [0.25, 0.3) is 0 Å². The normalized spacial score (nSPS) is 19.1. The number of methoxy groups -OCH3 is 2. The molecule has 0 saturated carbocycles. The summed E-state index contributed by atoms with van der Waals surface area (Å²) in [5.41, 5.74) is 1.61. The third-order valence-electron chi connectivity index (χ3n) is 7.03. The van der Waals surface area contributed by atoms with Crippen molar-refractivity contribution < 1.29 is 28.6 Å². The van der Waals surface area contributed by atoms with E-state index in [1.807, 2.05) is 48.5 Å². The molecule has 2 fully saturated rings. The second-order valence-electron chi connectivity index (χ2n) is 9.21. The molecule has 4 amide bonds. The summed E-state index contributed by atoms with van der Waals surface area (Å²) in [4.78, 5) is 39.6. The number of hydrogen-bond donors (Lipinski definition) is 2. The number of carbonyl (C=O) groups is 3. The summed E-state index contributed by atoms with van der Waals surface area (Å²) in [6.45, 7) is 1.78. The maximum absolute atomic E-state index is 13.2. The topological polar surface area (TPSA) is 106 Å². The molecule has 4 rings (SSSR count). The molecule has 2 N–H and O–H groups in total. The van der Waals surface area contributed by atoms with Gasteiger partial charge in [0, 0.05) is 38.1 Å². The minimum atomic E-state index is -0.711. The predicted octanol–water partition coefficient (Wildman–Crippen LogP) is 2.77. The van der Waals surface area contributed by atoms with Gasteiger partial charge in [0.25, 0.3) is 5.91 Å². The summed E-state index contributed by atoms with van der Waals surface area (Å²) in [6, 6.07) is 14.1. The van der Waals surface area contributed by atoms with E-state index >= 15 is 0 Å². The summed E-state index contributed by atoms with van der Waals surface area (Å²) in [6.07, 6.45) is 1.79. The number of urea groups is 1. The third-order valence-corrected chi connectivity index (χ3v) is 7.03. The number of hydrogen-bond acceptors (Lipinski definition) is 6. The van der Waals surface area contributed by atoms with Crippen LogP contribution in [-0.4, -0.2) is 62.8 Å². The zero-order valence-electron chi connectivity index (χ0n) is 20.7. The zero-order valence-corrected chi connectivity index (χ0v) is 20.7. The SMILES string of the molecule is COc1ccc(CNC(=O)CCC2NC(=O)N(CC3(c4ccc(OC)cc4)CCOCC3)C2=O)cc1. The first-order valence-electron chi connectivity index (χ1n) is 12.2. The van der Waals surface area contributed by atoms with Gasteiger partial charge in [-0.25, -0.2) is 4.79 Å². The Morgan fingerprint density at radius 2 is 1.64 bits per heavy atom. The van der Waals surface area contributed by atoms with Gasteiger partial charge in [0.05, 0.1) is 14.2 Å². The lowest BCUT2D eigenvalue weighted by molar-refractivity contribution is -0.129. The van der Waals surface area contributed by atoms with Crippen molar-refractivity contribution >= 4 is 17.8 Å². The van der Waals surface area contributed by atoms with Crippen LogP contribution in [0.15, 0.2) is 48.5 Å². The fourth-order valence-corrected chi connectivity index (χ4v) is 4.78. The molecule has 192 valence electrons. The first-order valence-corrected chi connectivity index (χ1v) is 12.2. The minimum Gasteiger partial charge on any atom is -0.497 e. The van der Waals surface area contributed by atoms with Gasteiger partial charge in [0.1, 0.15) is 17.5 Å². The van der Waals surface area contributed by atoms with E-state index in [2.05, 4.69) is 10.6 Å². The van der Waals surface area contributed by atoms with E-state index in [0.717, 1.165) is 22.6 Å². The Morgan fingerprint density at radius 1 is 1.03 bits per heavy atom. The van der Waals surface area contributed by atoms with E-state index in [1.54, 1.807) is 14.2 Å². The van der Waals surface area contributed by atoms with Gasteiger partial charge in [0.2, 0.25) is 5.91 Å². The van der Waals surface area contributed by atoms with Gasteiger partial charge >= 0.3 is 6.03 Å². The Balaban J connectivity index is 1.34. The maximum Gasteiger partial charge on any atom is 0.324 e. The van der Waals surface area contributed by atoms with Crippen molar-refractivity contribution in [3.8, 4) is 11.5 Å². The highest BCUT2D eigenvalue weighted by atomic mass is 16.5. The Morgan fingerprint density at radius 3 is 2.25 bits per heavy atom. The lowest BCUT2D eigenvalue weighted by atomic mass is 9.73. The first-order chi connectivity index (χ1) is 17.4. The largest absolute Gasteiger partial charge is 0.497 e. The molecule has 2 aromatic rings. The van der Waals surface area contributed by atoms with Crippen LogP contribution in [0.1, 0.15) is 36.8 Å². The summed E-state index contributed by atoms with van der Waals surface area (Å²) < 4.78 is 16.0. The van der Waals surface area contributed by atoms with E-state index in [1.165, 1.54) is 4.90 Å². The number of benzene rings is 2. The number of ether oxygens (including phenoxy) is 3. The number of nitrogens with zero attached hydrogens (tertiary/aromatic N) is 1. The van der Waals surface area contributed by atoms with Crippen molar-refractivity contribution in [2.45, 2.75) is 43.7 Å². The van der Waals surface area contributed by atoms with Crippen LogP contribution in [0, 0.1) is 0 Å². The van der Waals surface area contributed by atoms with E-state index in [4.69, 9.17) is 14.2 Å². The highest BCUT2D eigenvalue weighted by Gasteiger charge is 2.44. The number of amides is 4. The molecule has 2 aliphatic rings. The fourth-order valence-electron chi connectivity index (χ4n) is 4.78. The molecule has 0 aromatic heterocycles. The summed E-state index contributed by atoms with van der Waals surface area (Å²) in [5.74, 6) is 1.04. The van der Waals surface area contributed by atoms with Crippen LogP contribution in [-0.2, 0) is 26.3 Å². The van der Waals surface area contributed by atoms with E-state index in [0.29, 0.717) is 32.6 Å². The van der Waals surface area contributed by atoms with Gasteiger partial charge in [-0.15, -0.1) is 0 Å². The smallest absolute Gasteiger partial charge is 0.324 e. The molecule has 2 heterocycles. The second kappa shape index (κ2) is 11.4. The van der Waals surface area contributed by atoms with Crippen molar-refractivity contribution in [1.29, 1.82) is 0 Å². The van der Waals surface area contributed by atoms with Crippen LogP contribution in [0.3, 0.4) is 0 Å². The molecule has 2 aromatic carbocycles. The molecule has 1 unspecified atom stereocenters. The summed E-state index contributed by atoms with van der Waals surface area (Å²) in [7, 11) is 3.22. The Hall–Kier alpha value is -3.59. The number of imide groups is 1. The lowest BCUT2D eigenvalue weighted by Gasteiger charge is -2.39. The van der Waals surface area contributed by atoms with Gasteiger partial charge in [-0.1, -0.05) is 24.3 Å². The molecule has 2 aliphatic heterocycles. The fraction of sp³-hybridized carbons (Fsp3) is 0.444. The van der Waals surface area contributed by atoms with Crippen molar-refractivity contribution in [1.82, 2.24) is 15.5 Å². The van der Waals surface area contributed by atoms with E-state index in [-0.39, 0.29) is 36.6 Å².